The van der Waals surface area contributed by atoms with Crippen molar-refractivity contribution in [1.82, 2.24) is 0 Å². The molecule has 6 rings (SSSR count). The average molecular weight is 797 g/mol. The van der Waals surface area contributed by atoms with Crippen LogP contribution in [0.2, 0.25) is 0 Å². The Balaban J connectivity index is 1.28. The molecule has 0 radical (unpaired) electrons. The highest BCUT2D eigenvalue weighted by Gasteiger charge is 2.73. The first-order valence-corrected chi connectivity index (χ1v) is 20.4. The molecule has 0 aromatic heterocycles. The molecule has 0 spiro atoms. The van der Waals surface area contributed by atoms with Crippen molar-refractivity contribution in [3.8, 4) is 0 Å². The predicted molar refractivity (Wildman–Crippen MR) is 201 cm³/mol. The van der Waals surface area contributed by atoms with Gasteiger partial charge in [0.1, 0.15) is 48.5 Å². The van der Waals surface area contributed by atoms with Crippen LogP contribution in [0.5, 0.6) is 0 Å². The van der Waals surface area contributed by atoms with Crippen LogP contribution in [0.3, 0.4) is 0 Å². The maximum atomic E-state index is 14.9. The van der Waals surface area contributed by atoms with E-state index in [1.165, 1.54) is 6.92 Å². The third-order valence-electron chi connectivity index (χ3n) is 15.6. The van der Waals surface area contributed by atoms with E-state index in [4.69, 9.17) is 18.9 Å². The number of aliphatic hydroxyl groups excluding tert-OH is 7. The van der Waals surface area contributed by atoms with Gasteiger partial charge in [-0.15, -0.1) is 0 Å². The zero-order valence-electron chi connectivity index (χ0n) is 34.4. The van der Waals surface area contributed by atoms with Gasteiger partial charge >= 0.3 is 0 Å². The molecule has 56 heavy (non-hydrogen) atoms. The molecule has 2 saturated heterocycles. The average Bonchev–Trinajstić information content (AvgIpc) is 3.36. The number of aliphatic hydroxyl groups is 9. The summed E-state index contributed by atoms with van der Waals surface area (Å²) < 4.78 is 24.2. The number of rotatable bonds is 9. The van der Waals surface area contributed by atoms with Crippen LogP contribution in [0.15, 0.2) is 23.8 Å². The fourth-order valence-corrected chi connectivity index (χ4v) is 12.2. The third-order valence-corrected chi connectivity index (χ3v) is 15.6. The maximum Gasteiger partial charge on any atom is 0.187 e. The van der Waals surface area contributed by atoms with Gasteiger partial charge in [-0.05, 0) is 82.5 Å². The second-order valence-corrected chi connectivity index (χ2v) is 20.0. The molecular formula is C42H68O14. The molecular weight excluding hydrogens is 728 g/mol. The molecule has 4 aliphatic carbocycles. The molecule has 14 nitrogen and oxygen atoms in total. The first-order valence-electron chi connectivity index (χ1n) is 20.4. The summed E-state index contributed by atoms with van der Waals surface area (Å²) in [5.41, 5.74) is -4.13. The molecule has 2 aliphatic heterocycles. The second-order valence-electron chi connectivity index (χ2n) is 20.0. The lowest BCUT2D eigenvalue weighted by Gasteiger charge is -2.66. The maximum absolute atomic E-state index is 14.9. The largest absolute Gasteiger partial charge is 0.394 e. The van der Waals surface area contributed by atoms with Crippen molar-refractivity contribution in [2.75, 3.05) is 6.61 Å². The topological polar surface area (TPSA) is 236 Å². The molecule has 320 valence electrons. The molecule has 0 bridgehead atoms. The molecule has 0 amide bonds. The molecule has 5 fully saturated rings. The SMILES string of the molecule is C[C@@H]1O[C@@H](O[C@H]2[C@H](OC3CCC4C(=CC(O)C5C4(C)C(=O)CC4(C)C(C(C)(O)C/C=C/C(C)(C)O)CCC54C)C3(C)C)O[C@H](CO)[C@@H](O)[C@@H]2O)[C@H](O)[C@H](O)[C@H]1O. The van der Waals surface area contributed by atoms with Crippen molar-refractivity contribution in [2.24, 2.45) is 39.4 Å². The lowest BCUT2D eigenvalue weighted by Crippen LogP contribution is -2.67. The van der Waals surface area contributed by atoms with Gasteiger partial charge in [-0.1, -0.05) is 58.4 Å². The minimum atomic E-state index is -1.70. The Morgan fingerprint density at radius 1 is 0.839 bits per heavy atom. The third kappa shape index (κ3) is 6.99. The van der Waals surface area contributed by atoms with E-state index in [1.54, 1.807) is 19.9 Å². The zero-order valence-corrected chi connectivity index (χ0v) is 34.4. The highest BCUT2D eigenvalue weighted by molar-refractivity contribution is 5.88. The Kier molecular flexibility index (Phi) is 11.8. The Bertz CT molecular complexity index is 1520. The normalized spacial score (nSPS) is 50.5. The van der Waals surface area contributed by atoms with Gasteiger partial charge in [0.15, 0.2) is 12.6 Å². The molecule has 0 aromatic carbocycles. The number of ketones is 1. The Hall–Kier alpha value is -1.37. The number of carbonyl (C=O) groups is 1. The first kappa shape index (κ1) is 44.2. The van der Waals surface area contributed by atoms with Crippen LogP contribution in [-0.2, 0) is 23.7 Å². The molecule has 14 heteroatoms. The van der Waals surface area contributed by atoms with Crippen molar-refractivity contribution in [3.05, 3.63) is 23.8 Å². The standard InChI is InChI=1S/C42H68O14/c1-20-28(46)30(48)32(50)35(53-20)56-33-31(49)29(47)24(19-43)54-36(33)55-27-12-11-21-22(38(27,4)5)17-23(44)34-39(6)16-13-25(40(39,7)18-26(45)42(21,34)9)41(8,52)15-10-14-37(2,3)51/h10,14,17,20-21,23-25,27-36,43-44,46-52H,11-13,15-16,18-19H2,1-9H3/b14-10+/t20-,21?,23?,24+,25?,27?,28-,29+,30+,31-,32+,33+,34?,35-,36-,39?,40?,41?,42?/m0/s1. The number of hydrogen-bond acceptors (Lipinski definition) is 14. The first-order chi connectivity index (χ1) is 25.8. The van der Waals surface area contributed by atoms with E-state index in [9.17, 15) is 50.8 Å². The van der Waals surface area contributed by atoms with Crippen LogP contribution in [0.4, 0.5) is 0 Å². The Morgan fingerprint density at radius 3 is 2.12 bits per heavy atom. The number of hydrogen-bond donors (Lipinski definition) is 9. The van der Waals surface area contributed by atoms with Crippen LogP contribution < -0.4 is 0 Å². The Labute approximate surface area is 330 Å². The zero-order chi connectivity index (χ0) is 41.7. The number of carbonyl (C=O) groups excluding carboxylic acids is 1. The summed E-state index contributed by atoms with van der Waals surface area (Å²) >= 11 is 0. The van der Waals surface area contributed by atoms with E-state index in [0.29, 0.717) is 25.7 Å². The van der Waals surface area contributed by atoms with Gasteiger partial charge in [-0.2, -0.15) is 0 Å². The van der Waals surface area contributed by atoms with Gasteiger partial charge in [-0.3, -0.25) is 4.79 Å². The minimum Gasteiger partial charge on any atom is -0.394 e. The highest BCUT2D eigenvalue weighted by atomic mass is 16.8. The van der Waals surface area contributed by atoms with Gasteiger partial charge in [-0.25, -0.2) is 0 Å². The summed E-state index contributed by atoms with van der Waals surface area (Å²) in [5, 5.41) is 97.8. The van der Waals surface area contributed by atoms with Crippen LogP contribution in [0, 0.1) is 39.4 Å². The van der Waals surface area contributed by atoms with E-state index < -0.39 is 119 Å². The summed E-state index contributed by atoms with van der Waals surface area (Å²) in [6, 6.07) is 0. The summed E-state index contributed by atoms with van der Waals surface area (Å²) in [6.45, 7) is 16.2. The molecule has 9 unspecified atom stereocenters. The quantitative estimate of drug-likeness (QED) is 0.150. The van der Waals surface area contributed by atoms with Gasteiger partial charge in [0.25, 0.3) is 0 Å². The van der Waals surface area contributed by atoms with Gasteiger partial charge < -0.3 is 64.9 Å². The summed E-state index contributed by atoms with van der Waals surface area (Å²) in [5.74, 6) is -0.819. The van der Waals surface area contributed by atoms with Gasteiger partial charge in [0.05, 0.1) is 36.1 Å². The van der Waals surface area contributed by atoms with Crippen LogP contribution in [0.25, 0.3) is 0 Å². The van der Waals surface area contributed by atoms with Crippen molar-refractivity contribution in [2.45, 2.75) is 186 Å². The molecule has 3 saturated carbocycles. The van der Waals surface area contributed by atoms with E-state index in [1.807, 2.05) is 39.8 Å². The van der Waals surface area contributed by atoms with Gasteiger partial charge in [0, 0.05) is 23.2 Å². The van der Waals surface area contributed by atoms with Gasteiger partial charge in [0.2, 0.25) is 0 Å². The highest BCUT2D eigenvalue weighted by Crippen LogP contribution is 2.74. The van der Waals surface area contributed by atoms with Crippen molar-refractivity contribution < 1.29 is 69.7 Å². The van der Waals surface area contributed by atoms with Crippen LogP contribution in [-0.4, -0.2) is 143 Å². The number of Topliss-reactive ketones (excluding diaryl/α,β-unsaturated/α-hetero) is 1. The van der Waals surface area contributed by atoms with E-state index in [0.717, 1.165) is 12.0 Å². The number of fused-ring (bicyclic) bond motifs is 5. The predicted octanol–water partition coefficient (Wildman–Crippen LogP) is 1.25. The number of ether oxygens (including phenoxy) is 4. The van der Waals surface area contributed by atoms with Crippen molar-refractivity contribution in [3.63, 3.8) is 0 Å². The van der Waals surface area contributed by atoms with E-state index in [-0.39, 0.29) is 24.0 Å². The van der Waals surface area contributed by atoms with Crippen molar-refractivity contribution in [1.29, 1.82) is 0 Å². The fourth-order valence-electron chi connectivity index (χ4n) is 12.2. The lowest BCUT2D eigenvalue weighted by atomic mass is 9.38. The summed E-state index contributed by atoms with van der Waals surface area (Å²) in [6.07, 6.45) is -7.81. The van der Waals surface area contributed by atoms with Crippen molar-refractivity contribution >= 4 is 5.78 Å². The molecule has 9 N–H and O–H groups in total. The monoisotopic (exact) mass is 796 g/mol. The molecule has 19 atom stereocenters. The van der Waals surface area contributed by atoms with E-state index in [2.05, 4.69) is 13.8 Å². The molecule has 6 aliphatic rings. The smallest absolute Gasteiger partial charge is 0.187 e. The summed E-state index contributed by atoms with van der Waals surface area (Å²) in [4.78, 5) is 14.9. The van der Waals surface area contributed by atoms with E-state index >= 15 is 0 Å². The lowest BCUT2D eigenvalue weighted by molar-refractivity contribution is -0.372. The molecule has 0 aromatic rings. The van der Waals surface area contributed by atoms with Crippen LogP contribution in [0.1, 0.15) is 101 Å². The van der Waals surface area contributed by atoms with Crippen LogP contribution >= 0.6 is 0 Å². The minimum absolute atomic E-state index is 0.0570. The summed E-state index contributed by atoms with van der Waals surface area (Å²) in [7, 11) is 0. The molecule has 2 heterocycles. The Morgan fingerprint density at radius 2 is 1.50 bits per heavy atom. The second kappa shape index (κ2) is 15.0. The fraction of sp³-hybridized carbons (Fsp3) is 0.881.